The van der Waals surface area contributed by atoms with Crippen molar-refractivity contribution in [3.05, 3.63) is 65.6 Å². The van der Waals surface area contributed by atoms with Crippen LogP contribution in [0.2, 0.25) is 5.02 Å². The number of carboxylic acid groups (broad SMARTS) is 1. The van der Waals surface area contributed by atoms with Crippen molar-refractivity contribution >= 4 is 34.9 Å². The number of rotatable bonds is 6. The molecule has 2 N–H and O–H groups in total. The summed E-state index contributed by atoms with van der Waals surface area (Å²) < 4.78 is 7.26. The number of fused-ring (bicyclic) bond motifs is 1. The lowest BCUT2D eigenvalue weighted by atomic mass is 10.1. The van der Waals surface area contributed by atoms with Crippen LogP contribution in [0.4, 0.5) is 11.6 Å². The van der Waals surface area contributed by atoms with Crippen molar-refractivity contribution in [3.8, 4) is 17.1 Å². The fraction of sp³-hybridized carbons (Fsp3) is 0.100. The molecule has 0 amide bonds. The monoisotopic (exact) mass is 409 g/mol. The first kappa shape index (κ1) is 18.7. The Balaban J connectivity index is 1.69. The summed E-state index contributed by atoms with van der Waals surface area (Å²) in [6.45, 7) is 0. The van der Waals surface area contributed by atoms with Crippen LogP contribution >= 0.6 is 11.6 Å². The highest BCUT2D eigenvalue weighted by atomic mass is 35.5. The van der Waals surface area contributed by atoms with Gasteiger partial charge in [0.15, 0.2) is 0 Å². The van der Waals surface area contributed by atoms with E-state index in [1.165, 1.54) is 13.3 Å². The SMILES string of the molecule is COc1cc(CC(=O)O)ccc1Nc1ncc(Cl)c(-c2cnc3ccccn23)n1. The lowest BCUT2D eigenvalue weighted by Crippen LogP contribution is -2.03. The molecule has 4 aromatic rings. The van der Waals surface area contributed by atoms with Gasteiger partial charge in [-0.3, -0.25) is 9.20 Å². The first-order chi connectivity index (χ1) is 14.0. The van der Waals surface area contributed by atoms with Crippen molar-refractivity contribution in [1.82, 2.24) is 19.4 Å². The second-order valence-electron chi connectivity index (χ2n) is 6.19. The van der Waals surface area contributed by atoms with Gasteiger partial charge in [-0.05, 0) is 29.8 Å². The van der Waals surface area contributed by atoms with Crippen LogP contribution in [0.5, 0.6) is 5.75 Å². The Morgan fingerprint density at radius 2 is 2.10 bits per heavy atom. The number of nitrogens with zero attached hydrogens (tertiary/aromatic N) is 4. The highest BCUT2D eigenvalue weighted by molar-refractivity contribution is 6.32. The molecule has 29 heavy (non-hydrogen) atoms. The van der Waals surface area contributed by atoms with Crippen LogP contribution in [-0.2, 0) is 11.2 Å². The Bertz CT molecular complexity index is 1210. The minimum atomic E-state index is -0.911. The molecule has 146 valence electrons. The van der Waals surface area contributed by atoms with E-state index in [0.29, 0.717) is 33.7 Å². The molecule has 0 saturated carbocycles. The van der Waals surface area contributed by atoms with E-state index >= 15 is 0 Å². The van der Waals surface area contributed by atoms with Crippen molar-refractivity contribution in [2.75, 3.05) is 12.4 Å². The van der Waals surface area contributed by atoms with Crippen LogP contribution in [-0.4, -0.2) is 37.5 Å². The third kappa shape index (κ3) is 3.83. The predicted molar refractivity (Wildman–Crippen MR) is 109 cm³/mol. The Morgan fingerprint density at radius 3 is 2.90 bits per heavy atom. The molecule has 0 fully saturated rings. The predicted octanol–water partition coefficient (Wildman–Crippen LogP) is 3.82. The van der Waals surface area contributed by atoms with Gasteiger partial charge in [-0.25, -0.2) is 15.0 Å². The molecule has 0 unspecified atom stereocenters. The van der Waals surface area contributed by atoms with Gasteiger partial charge in [-0.2, -0.15) is 0 Å². The zero-order valence-electron chi connectivity index (χ0n) is 15.3. The fourth-order valence-electron chi connectivity index (χ4n) is 2.96. The van der Waals surface area contributed by atoms with Crippen LogP contribution in [0.15, 0.2) is 55.0 Å². The summed E-state index contributed by atoms with van der Waals surface area (Å²) in [4.78, 5) is 24.1. The summed E-state index contributed by atoms with van der Waals surface area (Å²) in [6, 6.07) is 10.8. The number of carboxylic acids is 1. The van der Waals surface area contributed by atoms with Crippen molar-refractivity contribution in [1.29, 1.82) is 0 Å². The van der Waals surface area contributed by atoms with Crippen molar-refractivity contribution < 1.29 is 14.6 Å². The van der Waals surface area contributed by atoms with E-state index in [-0.39, 0.29) is 6.42 Å². The van der Waals surface area contributed by atoms with Crippen LogP contribution in [0.25, 0.3) is 17.0 Å². The normalized spacial score (nSPS) is 10.8. The number of aliphatic carboxylic acids is 1. The molecule has 0 radical (unpaired) electrons. The molecular weight excluding hydrogens is 394 g/mol. The van der Waals surface area contributed by atoms with E-state index < -0.39 is 5.97 Å². The zero-order chi connectivity index (χ0) is 20.4. The molecule has 1 aromatic carbocycles. The molecule has 3 heterocycles. The molecule has 0 aliphatic heterocycles. The van der Waals surface area contributed by atoms with Gasteiger partial charge in [-0.1, -0.05) is 23.7 Å². The van der Waals surface area contributed by atoms with Gasteiger partial charge in [0, 0.05) is 6.20 Å². The van der Waals surface area contributed by atoms with Crippen LogP contribution in [0.1, 0.15) is 5.56 Å². The maximum atomic E-state index is 10.9. The van der Waals surface area contributed by atoms with E-state index in [1.54, 1.807) is 24.4 Å². The standard InChI is InChI=1S/C20H16ClN5O3/c1-29-16-8-12(9-18(27)28)5-6-14(16)24-20-23-10-13(21)19(25-20)15-11-22-17-4-2-3-7-26(15)17/h2-8,10-11H,9H2,1H3,(H,27,28)(H,23,24,25). The Morgan fingerprint density at radius 1 is 1.24 bits per heavy atom. The molecule has 3 aromatic heterocycles. The highest BCUT2D eigenvalue weighted by Gasteiger charge is 2.14. The zero-order valence-corrected chi connectivity index (χ0v) is 16.1. The molecule has 4 rings (SSSR count). The number of nitrogens with one attached hydrogen (secondary N) is 1. The molecule has 0 bridgehead atoms. The van der Waals surface area contributed by atoms with E-state index in [4.69, 9.17) is 21.4 Å². The number of anilines is 2. The summed E-state index contributed by atoms with van der Waals surface area (Å²) in [7, 11) is 1.51. The number of hydrogen-bond acceptors (Lipinski definition) is 6. The molecule has 0 spiro atoms. The average Bonchev–Trinajstić information content (AvgIpc) is 3.14. The molecular formula is C20H16ClN5O3. The molecule has 0 aliphatic rings. The van der Waals surface area contributed by atoms with E-state index in [0.717, 1.165) is 11.3 Å². The van der Waals surface area contributed by atoms with E-state index in [2.05, 4.69) is 20.3 Å². The molecule has 0 aliphatic carbocycles. The number of pyridine rings is 1. The van der Waals surface area contributed by atoms with Crippen molar-refractivity contribution in [2.24, 2.45) is 0 Å². The van der Waals surface area contributed by atoms with Gasteiger partial charge < -0.3 is 15.2 Å². The minimum absolute atomic E-state index is 0.0908. The Hall–Kier alpha value is -3.65. The number of aromatic nitrogens is 4. The third-order valence-corrected chi connectivity index (χ3v) is 4.55. The number of carbonyl (C=O) groups is 1. The van der Waals surface area contributed by atoms with E-state index in [1.807, 2.05) is 28.8 Å². The van der Waals surface area contributed by atoms with Gasteiger partial charge in [0.05, 0.1) is 42.3 Å². The number of benzene rings is 1. The number of halogens is 1. The number of imidazole rings is 1. The van der Waals surface area contributed by atoms with E-state index in [9.17, 15) is 4.79 Å². The van der Waals surface area contributed by atoms with Gasteiger partial charge in [-0.15, -0.1) is 0 Å². The van der Waals surface area contributed by atoms with Crippen LogP contribution in [0, 0.1) is 0 Å². The second-order valence-corrected chi connectivity index (χ2v) is 6.60. The fourth-order valence-corrected chi connectivity index (χ4v) is 3.15. The van der Waals surface area contributed by atoms with Gasteiger partial charge in [0.2, 0.25) is 5.95 Å². The van der Waals surface area contributed by atoms with Crippen LogP contribution in [0.3, 0.4) is 0 Å². The van der Waals surface area contributed by atoms with Gasteiger partial charge in [0.1, 0.15) is 17.1 Å². The van der Waals surface area contributed by atoms with Crippen molar-refractivity contribution in [2.45, 2.75) is 6.42 Å². The summed E-state index contributed by atoms with van der Waals surface area (Å²) in [5, 5.41) is 12.5. The van der Waals surface area contributed by atoms with Crippen molar-refractivity contribution in [3.63, 3.8) is 0 Å². The lowest BCUT2D eigenvalue weighted by molar-refractivity contribution is -0.136. The molecule has 8 nitrogen and oxygen atoms in total. The minimum Gasteiger partial charge on any atom is -0.495 e. The average molecular weight is 410 g/mol. The molecule has 0 saturated heterocycles. The summed E-state index contributed by atoms with van der Waals surface area (Å²) >= 11 is 6.34. The summed E-state index contributed by atoms with van der Waals surface area (Å²) in [5.74, 6) is -0.107. The largest absolute Gasteiger partial charge is 0.495 e. The van der Waals surface area contributed by atoms with Gasteiger partial charge >= 0.3 is 5.97 Å². The Labute approximate surface area is 170 Å². The summed E-state index contributed by atoms with van der Waals surface area (Å²) in [5.41, 5.74) is 3.28. The van der Waals surface area contributed by atoms with Crippen LogP contribution < -0.4 is 10.1 Å². The number of methoxy groups -OCH3 is 1. The number of ether oxygens (including phenoxy) is 1. The highest BCUT2D eigenvalue weighted by Crippen LogP contribution is 2.31. The molecule has 0 atom stereocenters. The number of hydrogen-bond donors (Lipinski definition) is 2. The first-order valence-electron chi connectivity index (χ1n) is 8.66. The first-order valence-corrected chi connectivity index (χ1v) is 9.03. The van der Waals surface area contributed by atoms with Gasteiger partial charge in [0.25, 0.3) is 0 Å². The Kier molecular flexibility index (Phi) is 5.01. The quantitative estimate of drug-likeness (QED) is 0.499. The summed E-state index contributed by atoms with van der Waals surface area (Å²) in [6.07, 6.45) is 5.01. The second kappa shape index (κ2) is 7.76. The maximum Gasteiger partial charge on any atom is 0.307 e. The molecule has 9 heteroatoms. The topological polar surface area (TPSA) is 102 Å². The maximum absolute atomic E-state index is 10.9. The smallest absolute Gasteiger partial charge is 0.307 e. The third-order valence-electron chi connectivity index (χ3n) is 4.27. The lowest BCUT2D eigenvalue weighted by Gasteiger charge is -2.12.